The Morgan fingerprint density at radius 3 is 2.43 bits per heavy atom. The summed E-state index contributed by atoms with van der Waals surface area (Å²) in [5, 5.41) is 6.48. The molecule has 2 heterocycles. The number of hydrazone groups is 1. The van der Waals surface area contributed by atoms with Crippen molar-refractivity contribution < 1.29 is 4.39 Å². The Kier molecular flexibility index (Phi) is 4.09. The molecule has 0 N–H and O–H groups in total. The number of pyridine rings is 1. The fourth-order valence-corrected chi connectivity index (χ4v) is 2.28. The maximum atomic E-state index is 12.8. The summed E-state index contributed by atoms with van der Waals surface area (Å²) in [6.45, 7) is 3.51. The highest BCUT2D eigenvalue weighted by atomic mass is 19.1. The first kappa shape index (κ1) is 13.5. The third kappa shape index (κ3) is 3.56. The maximum absolute atomic E-state index is 12.8. The van der Waals surface area contributed by atoms with Gasteiger partial charge in [-0.25, -0.2) is 9.37 Å². The molecule has 0 atom stereocenters. The van der Waals surface area contributed by atoms with Crippen molar-refractivity contribution in [3.05, 3.63) is 60.0 Å². The van der Waals surface area contributed by atoms with Gasteiger partial charge in [0.25, 0.3) is 0 Å². The summed E-state index contributed by atoms with van der Waals surface area (Å²) in [6, 6.07) is 12.3. The minimum atomic E-state index is -0.226. The average molecular weight is 284 g/mol. The summed E-state index contributed by atoms with van der Waals surface area (Å²) in [5.41, 5.74) is 0.906. The van der Waals surface area contributed by atoms with Gasteiger partial charge >= 0.3 is 0 Å². The summed E-state index contributed by atoms with van der Waals surface area (Å²) < 4.78 is 12.8. The number of benzene rings is 1. The van der Waals surface area contributed by atoms with Crippen LogP contribution in [-0.4, -0.2) is 42.4 Å². The normalized spacial score (nSPS) is 15.7. The van der Waals surface area contributed by atoms with Gasteiger partial charge in [0.1, 0.15) is 11.6 Å². The second-order valence-corrected chi connectivity index (χ2v) is 4.92. The molecule has 1 aliphatic rings. The summed E-state index contributed by atoms with van der Waals surface area (Å²) in [6.07, 6.45) is 3.59. The Bertz CT molecular complexity index is 589. The lowest BCUT2D eigenvalue weighted by molar-refractivity contribution is 0.271. The lowest BCUT2D eigenvalue weighted by atomic mass is 10.2. The Balaban J connectivity index is 1.55. The van der Waals surface area contributed by atoms with Crippen LogP contribution in [0.2, 0.25) is 0 Å². The third-order valence-corrected chi connectivity index (χ3v) is 3.47. The minimum Gasteiger partial charge on any atom is -0.353 e. The molecule has 21 heavy (non-hydrogen) atoms. The molecule has 0 spiro atoms. The monoisotopic (exact) mass is 284 g/mol. The number of aromatic nitrogens is 1. The van der Waals surface area contributed by atoms with E-state index in [9.17, 15) is 4.39 Å². The van der Waals surface area contributed by atoms with E-state index >= 15 is 0 Å². The van der Waals surface area contributed by atoms with E-state index in [1.54, 1.807) is 18.3 Å². The summed E-state index contributed by atoms with van der Waals surface area (Å²) in [5.74, 6) is 0.788. The molecular formula is C16H17FN4. The Labute approximate surface area is 123 Å². The van der Waals surface area contributed by atoms with Gasteiger partial charge in [0, 0.05) is 19.3 Å². The molecule has 1 aromatic heterocycles. The number of rotatable bonds is 3. The van der Waals surface area contributed by atoms with Crippen molar-refractivity contribution in [1.82, 2.24) is 9.99 Å². The molecule has 4 nitrogen and oxygen atoms in total. The van der Waals surface area contributed by atoms with E-state index in [0.29, 0.717) is 0 Å². The van der Waals surface area contributed by atoms with Gasteiger partial charge in [-0.3, -0.25) is 5.01 Å². The Morgan fingerprint density at radius 1 is 1.00 bits per heavy atom. The third-order valence-electron chi connectivity index (χ3n) is 3.47. The molecule has 0 aliphatic carbocycles. The zero-order valence-corrected chi connectivity index (χ0v) is 11.7. The standard InChI is InChI=1S/C16H17FN4/c17-15-6-4-14(5-7-15)13-19-21-11-9-20(10-12-21)16-3-1-2-8-18-16/h1-8,13H,9-12H2/b19-13-. The van der Waals surface area contributed by atoms with Crippen LogP contribution in [-0.2, 0) is 0 Å². The van der Waals surface area contributed by atoms with E-state index in [4.69, 9.17) is 0 Å². The molecule has 0 unspecified atom stereocenters. The van der Waals surface area contributed by atoms with Crippen LogP contribution >= 0.6 is 0 Å². The molecule has 1 aromatic carbocycles. The molecule has 5 heteroatoms. The van der Waals surface area contributed by atoms with Gasteiger partial charge in [0.05, 0.1) is 19.3 Å². The quantitative estimate of drug-likeness (QED) is 0.811. The highest BCUT2D eigenvalue weighted by molar-refractivity contribution is 5.79. The first-order valence-corrected chi connectivity index (χ1v) is 7.02. The van der Waals surface area contributed by atoms with Crippen LogP contribution in [0.3, 0.4) is 0 Å². The number of hydrogen-bond acceptors (Lipinski definition) is 4. The van der Waals surface area contributed by atoms with Crippen molar-refractivity contribution in [2.75, 3.05) is 31.1 Å². The molecule has 0 amide bonds. The number of halogens is 1. The van der Waals surface area contributed by atoms with E-state index < -0.39 is 0 Å². The van der Waals surface area contributed by atoms with Crippen LogP contribution in [0.15, 0.2) is 53.8 Å². The van der Waals surface area contributed by atoms with Gasteiger partial charge in [0.2, 0.25) is 0 Å². The SMILES string of the molecule is Fc1ccc(/C=N\N2CCN(c3ccccn3)CC2)cc1. The van der Waals surface area contributed by atoms with E-state index in [1.165, 1.54) is 12.1 Å². The molecule has 108 valence electrons. The van der Waals surface area contributed by atoms with Crippen LogP contribution in [0.5, 0.6) is 0 Å². The first-order chi connectivity index (χ1) is 10.3. The van der Waals surface area contributed by atoms with E-state index in [0.717, 1.165) is 37.6 Å². The van der Waals surface area contributed by atoms with Gasteiger partial charge in [0.15, 0.2) is 0 Å². The van der Waals surface area contributed by atoms with Crippen LogP contribution in [0.4, 0.5) is 10.2 Å². The van der Waals surface area contributed by atoms with Crippen molar-refractivity contribution in [1.29, 1.82) is 0 Å². The fourth-order valence-electron chi connectivity index (χ4n) is 2.28. The van der Waals surface area contributed by atoms with Crippen molar-refractivity contribution in [2.24, 2.45) is 5.10 Å². The highest BCUT2D eigenvalue weighted by Gasteiger charge is 2.15. The first-order valence-electron chi connectivity index (χ1n) is 7.02. The smallest absolute Gasteiger partial charge is 0.128 e. The van der Waals surface area contributed by atoms with Gasteiger partial charge in [-0.1, -0.05) is 18.2 Å². The van der Waals surface area contributed by atoms with Crippen LogP contribution in [0.1, 0.15) is 5.56 Å². The Morgan fingerprint density at radius 2 is 1.76 bits per heavy atom. The number of nitrogens with zero attached hydrogens (tertiary/aromatic N) is 4. The topological polar surface area (TPSA) is 31.7 Å². The lowest BCUT2D eigenvalue weighted by Crippen LogP contribution is -2.44. The maximum Gasteiger partial charge on any atom is 0.128 e. The second kappa shape index (κ2) is 6.35. The van der Waals surface area contributed by atoms with E-state index in [1.807, 2.05) is 29.4 Å². The number of piperazine rings is 1. The van der Waals surface area contributed by atoms with Crippen LogP contribution < -0.4 is 4.90 Å². The summed E-state index contributed by atoms with van der Waals surface area (Å²) in [7, 11) is 0. The molecule has 1 aliphatic heterocycles. The number of anilines is 1. The fraction of sp³-hybridized carbons (Fsp3) is 0.250. The van der Waals surface area contributed by atoms with Crippen LogP contribution in [0.25, 0.3) is 0 Å². The van der Waals surface area contributed by atoms with E-state index in [-0.39, 0.29) is 5.82 Å². The zero-order chi connectivity index (χ0) is 14.5. The molecule has 1 saturated heterocycles. The van der Waals surface area contributed by atoms with Crippen molar-refractivity contribution in [2.45, 2.75) is 0 Å². The predicted molar refractivity (Wildman–Crippen MR) is 82.0 cm³/mol. The number of hydrogen-bond donors (Lipinski definition) is 0. The van der Waals surface area contributed by atoms with Gasteiger partial charge in [-0.15, -0.1) is 0 Å². The van der Waals surface area contributed by atoms with Gasteiger partial charge in [-0.2, -0.15) is 5.10 Å². The lowest BCUT2D eigenvalue weighted by Gasteiger charge is -2.33. The molecule has 1 fully saturated rings. The summed E-state index contributed by atoms with van der Waals surface area (Å²) >= 11 is 0. The van der Waals surface area contributed by atoms with Crippen molar-refractivity contribution in [3.8, 4) is 0 Å². The largest absolute Gasteiger partial charge is 0.353 e. The molecule has 2 aromatic rings. The van der Waals surface area contributed by atoms with Gasteiger partial charge in [-0.05, 0) is 29.8 Å². The van der Waals surface area contributed by atoms with Crippen molar-refractivity contribution >= 4 is 12.0 Å². The van der Waals surface area contributed by atoms with Crippen LogP contribution in [0, 0.1) is 5.82 Å². The molecular weight excluding hydrogens is 267 g/mol. The molecule has 0 bridgehead atoms. The highest BCUT2D eigenvalue weighted by Crippen LogP contribution is 2.12. The molecule has 3 rings (SSSR count). The Hall–Kier alpha value is -2.43. The van der Waals surface area contributed by atoms with E-state index in [2.05, 4.69) is 15.0 Å². The van der Waals surface area contributed by atoms with Gasteiger partial charge < -0.3 is 4.90 Å². The zero-order valence-electron chi connectivity index (χ0n) is 11.7. The molecule has 0 radical (unpaired) electrons. The minimum absolute atomic E-state index is 0.226. The van der Waals surface area contributed by atoms with Crippen molar-refractivity contribution in [3.63, 3.8) is 0 Å². The molecule has 0 saturated carbocycles. The summed E-state index contributed by atoms with van der Waals surface area (Å²) in [4.78, 5) is 6.62. The predicted octanol–water partition coefficient (Wildman–Crippen LogP) is 2.38. The average Bonchev–Trinajstić information content (AvgIpc) is 2.56. The second-order valence-electron chi connectivity index (χ2n) is 4.92.